The van der Waals surface area contributed by atoms with Gasteiger partial charge in [-0.1, -0.05) is 24.3 Å². The molecular weight excluding hydrogens is 344 g/mol. The first-order valence-corrected chi connectivity index (χ1v) is 7.32. The van der Waals surface area contributed by atoms with Crippen LogP contribution in [0.4, 0.5) is 9.59 Å². The highest BCUT2D eigenvalue weighted by atomic mass is 16.7. The number of esters is 1. The molecule has 0 unspecified atom stereocenters. The van der Waals surface area contributed by atoms with E-state index in [9.17, 15) is 14.4 Å². The van der Waals surface area contributed by atoms with Crippen LogP contribution in [0.5, 0.6) is 17.2 Å². The minimum absolute atomic E-state index is 0.0486. The monoisotopic (exact) mass is 360 g/mol. The van der Waals surface area contributed by atoms with Crippen molar-refractivity contribution < 1.29 is 38.1 Å². The van der Waals surface area contributed by atoms with Crippen LogP contribution in [0.2, 0.25) is 0 Å². The molecule has 0 saturated heterocycles. The fraction of sp³-hybridized carbons (Fsp3) is 0.167. The summed E-state index contributed by atoms with van der Waals surface area (Å²) in [7, 11) is 2.27. The van der Waals surface area contributed by atoms with Crippen LogP contribution in [-0.4, -0.2) is 32.5 Å². The number of aryl methyl sites for hydroxylation is 1. The minimum Gasteiger partial charge on any atom is -0.437 e. The summed E-state index contributed by atoms with van der Waals surface area (Å²) in [5.41, 5.74) is 0.856. The third kappa shape index (κ3) is 4.10. The molecule has 0 aromatic heterocycles. The smallest absolute Gasteiger partial charge is 0.437 e. The summed E-state index contributed by atoms with van der Waals surface area (Å²) in [6, 6.07) is 6.31. The summed E-state index contributed by atoms with van der Waals surface area (Å²) < 4.78 is 24.3. The first kappa shape index (κ1) is 18.8. The average Bonchev–Trinajstić information content (AvgIpc) is 2.63. The third-order valence-corrected chi connectivity index (χ3v) is 3.26. The van der Waals surface area contributed by atoms with E-state index in [0.717, 1.165) is 25.9 Å². The molecule has 8 nitrogen and oxygen atoms in total. The van der Waals surface area contributed by atoms with Gasteiger partial charge in [0, 0.05) is 22.9 Å². The number of fused-ring (bicyclic) bond motifs is 1. The van der Waals surface area contributed by atoms with Crippen molar-refractivity contribution in [1.82, 2.24) is 0 Å². The SMILES string of the molecule is C=CC(=O)Oc1c(OC(=O)OC)cc(OC(=O)OC)c2cc(C)ccc12. The molecule has 0 radical (unpaired) electrons. The first-order valence-electron chi connectivity index (χ1n) is 7.32. The standard InChI is InChI=1S/C18H16O8/c1-5-15(19)26-16-11-7-6-10(2)8-12(11)13(24-17(20)22-3)9-14(16)25-18(21)23-4/h5-9H,1H2,2-4H3. The Kier molecular flexibility index (Phi) is 5.79. The number of rotatable bonds is 4. The molecule has 0 saturated carbocycles. The number of ether oxygens (including phenoxy) is 5. The molecule has 0 N–H and O–H groups in total. The second-order valence-electron chi connectivity index (χ2n) is 4.99. The van der Waals surface area contributed by atoms with Gasteiger partial charge < -0.3 is 23.7 Å². The van der Waals surface area contributed by atoms with E-state index in [1.807, 2.05) is 6.92 Å². The molecule has 0 atom stereocenters. The van der Waals surface area contributed by atoms with Crippen molar-refractivity contribution in [3.8, 4) is 17.2 Å². The van der Waals surface area contributed by atoms with Crippen LogP contribution in [0, 0.1) is 6.92 Å². The van der Waals surface area contributed by atoms with Crippen LogP contribution in [0.1, 0.15) is 5.56 Å². The lowest BCUT2D eigenvalue weighted by atomic mass is 10.0. The molecule has 0 aliphatic heterocycles. The summed E-state index contributed by atoms with van der Waals surface area (Å²) in [6.45, 7) is 5.16. The lowest BCUT2D eigenvalue weighted by Gasteiger charge is -2.15. The maximum absolute atomic E-state index is 11.7. The number of methoxy groups -OCH3 is 2. The molecular formula is C18H16O8. The summed E-state index contributed by atoms with van der Waals surface area (Å²) in [6.07, 6.45) is -1.05. The normalized spacial score (nSPS) is 9.96. The van der Waals surface area contributed by atoms with E-state index in [2.05, 4.69) is 16.1 Å². The zero-order chi connectivity index (χ0) is 19.3. The number of hydrogen-bond donors (Lipinski definition) is 0. The largest absolute Gasteiger partial charge is 0.513 e. The van der Waals surface area contributed by atoms with E-state index in [4.69, 9.17) is 14.2 Å². The van der Waals surface area contributed by atoms with Crippen molar-refractivity contribution in [2.24, 2.45) is 0 Å². The van der Waals surface area contributed by atoms with Crippen LogP contribution < -0.4 is 14.2 Å². The molecule has 0 aliphatic rings. The zero-order valence-electron chi connectivity index (χ0n) is 14.4. The van der Waals surface area contributed by atoms with Crippen LogP contribution in [0.15, 0.2) is 36.9 Å². The molecule has 0 spiro atoms. The first-order chi connectivity index (χ1) is 12.4. The zero-order valence-corrected chi connectivity index (χ0v) is 14.4. The van der Waals surface area contributed by atoms with Gasteiger partial charge in [0.25, 0.3) is 0 Å². The molecule has 0 heterocycles. The van der Waals surface area contributed by atoms with Gasteiger partial charge in [-0.15, -0.1) is 0 Å². The lowest BCUT2D eigenvalue weighted by Crippen LogP contribution is -2.12. The molecule has 2 aromatic carbocycles. The Morgan fingerprint density at radius 1 is 0.885 bits per heavy atom. The van der Waals surface area contributed by atoms with E-state index in [1.165, 1.54) is 6.07 Å². The number of benzene rings is 2. The van der Waals surface area contributed by atoms with Crippen LogP contribution in [0.3, 0.4) is 0 Å². The van der Waals surface area contributed by atoms with E-state index in [1.54, 1.807) is 18.2 Å². The predicted octanol–water partition coefficient (Wildman–Crippen LogP) is 3.53. The van der Waals surface area contributed by atoms with Crippen LogP contribution >= 0.6 is 0 Å². The Balaban J connectivity index is 2.74. The van der Waals surface area contributed by atoms with Crippen LogP contribution in [-0.2, 0) is 14.3 Å². The van der Waals surface area contributed by atoms with E-state index in [-0.39, 0.29) is 17.2 Å². The van der Waals surface area contributed by atoms with Gasteiger partial charge in [-0.05, 0) is 13.0 Å². The van der Waals surface area contributed by atoms with Crippen molar-refractivity contribution in [3.63, 3.8) is 0 Å². The van der Waals surface area contributed by atoms with Gasteiger partial charge in [0.2, 0.25) is 0 Å². The molecule has 26 heavy (non-hydrogen) atoms. The number of carbonyl (C=O) groups is 3. The Bertz CT molecular complexity index is 884. The Labute approximate surface area is 148 Å². The Hall–Kier alpha value is -3.55. The highest BCUT2D eigenvalue weighted by molar-refractivity contribution is 5.99. The molecule has 0 bridgehead atoms. The molecule has 0 amide bonds. The summed E-state index contributed by atoms with van der Waals surface area (Å²) in [5.74, 6) is -0.939. The topological polar surface area (TPSA) is 97.4 Å². The molecule has 2 rings (SSSR count). The van der Waals surface area contributed by atoms with Gasteiger partial charge in [0.15, 0.2) is 11.5 Å². The molecule has 0 fully saturated rings. The molecule has 0 aliphatic carbocycles. The van der Waals surface area contributed by atoms with Gasteiger partial charge in [0.05, 0.1) is 14.2 Å². The fourth-order valence-electron chi connectivity index (χ4n) is 2.13. The highest BCUT2D eigenvalue weighted by Gasteiger charge is 2.21. The minimum atomic E-state index is -1.05. The third-order valence-electron chi connectivity index (χ3n) is 3.26. The maximum atomic E-state index is 11.7. The van der Waals surface area contributed by atoms with Gasteiger partial charge in [-0.3, -0.25) is 0 Å². The van der Waals surface area contributed by atoms with Gasteiger partial charge in [0.1, 0.15) is 5.75 Å². The highest BCUT2D eigenvalue weighted by Crippen LogP contribution is 2.42. The molecule has 8 heteroatoms. The second-order valence-corrected chi connectivity index (χ2v) is 4.99. The van der Waals surface area contributed by atoms with E-state index in [0.29, 0.717) is 10.8 Å². The van der Waals surface area contributed by atoms with Gasteiger partial charge >= 0.3 is 18.3 Å². The summed E-state index contributed by atoms with van der Waals surface area (Å²) >= 11 is 0. The predicted molar refractivity (Wildman–Crippen MR) is 90.6 cm³/mol. The maximum Gasteiger partial charge on any atom is 0.513 e. The number of hydrogen-bond acceptors (Lipinski definition) is 8. The Morgan fingerprint density at radius 3 is 2.08 bits per heavy atom. The van der Waals surface area contributed by atoms with E-state index < -0.39 is 18.3 Å². The summed E-state index contributed by atoms with van der Waals surface area (Å²) in [5, 5.41) is 0.811. The quantitative estimate of drug-likeness (QED) is 0.353. The van der Waals surface area contributed by atoms with Gasteiger partial charge in [-0.25, -0.2) is 14.4 Å². The van der Waals surface area contributed by atoms with Crippen molar-refractivity contribution in [1.29, 1.82) is 0 Å². The number of carbonyl (C=O) groups excluding carboxylic acids is 3. The Morgan fingerprint density at radius 2 is 1.50 bits per heavy atom. The van der Waals surface area contributed by atoms with Gasteiger partial charge in [-0.2, -0.15) is 0 Å². The lowest BCUT2D eigenvalue weighted by molar-refractivity contribution is -0.129. The van der Waals surface area contributed by atoms with Crippen LogP contribution in [0.25, 0.3) is 10.8 Å². The van der Waals surface area contributed by atoms with Crippen molar-refractivity contribution >= 4 is 29.1 Å². The van der Waals surface area contributed by atoms with E-state index >= 15 is 0 Å². The van der Waals surface area contributed by atoms with Crippen molar-refractivity contribution in [2.75, 3.05) is 14.2 Å². The fourth-order valence-corrected chi connectivity index (χ4v) is 2.13. The second kappa shape index (κ2) is 8.02. The average molecular weight is 360 g/mol. The van der Waals surface area contributed by atoms with Crippen molar-refractivity contribution in [2.45, 2.75) is 6.92 Å². The summed E-state index contributed by atoms with van der Waals surface area (Å²) in [4.78, 5) is 34.8. The molecule has 2 aromatic rings. The van der Waals surface area contributed by atoms with Crippen molar-refractivity contribution in [3.05, 3.63) is 42.5 Å². The molecule has 136 valence electrons.